The second-order valence-corrected chi connectivity index (χ2v) is 5.50. The highest BCUT2D eigenvalue weighted by Gasteiger charge is 2.27. The average molecular weight is 324 g/mol. The van der Waals surface area contributed by atoms with Gasteiger partial charge in [-0.2, -0.15) is 9.78 Å². The van der Waals surface area contributed by atoms with Gasteiger partial charge in [-0.3, -0.25) is 9.78 Å². The summed E-state index contributed by atoms with van der Waals surface area (Å²) in [4.78, 5) is 27.2. The maximum atomic E-state index is 12.0. The molecule has 3 aromatic heterocycles. The third-order valence-electron chi connectivity index (χ3n) is 3.75. The van der Waals surface area contributed by atoms with Crippen LogP contribution in [0.1, 0.15) is 29.4 Å². The van der Waals surface area contributed by atoms with Crippen molar-refractivity contribution in [3.8, 4) is 16.9 Å². The van der Waals surface area contributed by atoms with Gasteiger partial charge in [0.1, 0.15) is 0 Å². The van der Waals surface area contributed by atoms with Crippen molar-refractivity contribution in [2.45, 2.75) is 18.9 Å². The van der Waals surface area contributed by atoms with Gasteiger partial charge in [-0.25, -0.2) is 9.48 Å². The number of aromatic nitrogens is 6. The van der Waals surface area contributed by atoms with E-state index >= 15 is 0 Å². The molecule has 3 aromatic rings. The Morgan fingerprint density at radius 1 is 1.21 bits per heavy atom. The van der Waals surface area contributed by atoms with E-state index in [4.69, 9.17) is 5.11 Å². The van der Waals surface area contributed by atoms with Crippen molar-refractivity contribution in [1.29, 1.82) is 0 Å². The molecule has 1 aliphatic carbocycles. The van der Waals surface area contributed by atoms with Gasteiger partial charge in [-0.1, -0.05) is 5.21 Å². The first-order valence-electron chi connectivity index (χ1n) is 7.33. The van der Waals surface area contributed by atoms with Crippen LogP contribution < -0.4 is 5.56 Å². The average Bonchev–Trinajstić information content (AvgIpc) is 3.32. The van der Waals surface area contributed by atoms with E-state index in [1.807, 2.05) is 4.68 Å². The molecule has 1 saturated carbocycles. The number of carbonyl (C=O) groups is 1. The Balaban J connectivity index is 1.81. The molecule has 9 nitrogen and oxygen atoms in total. The Morgan fingerprint density at radius 3 is 2.79 bits per heavy atom. The van der Waals surface area contributed by atoms with Gasteiger partial charge in [0, 0.05) is 17.8 Å². The summed E-state index contributed by atoms with van der Waals surface area (Å²) in [5.74, 6) is -1.20. The van der Waals surface area contributed by atoms with E-state index in [1.165, 1.54) is 18.3 Å². The van der Waals surface area contributed by atoms with E-state index < -0.39 is 11.5 Å². The Morgan fingerprint density at radius 2 is 2.04 bits per heavy atom. The SMILES string of the molecule is O=C(O)c1ccc(=O)n(-c2cncc(-c3cnnn3C3CC3)c2)n1. The van der Waals surface area contributed by atoms with Crippen LogP contribution >= 0.6 is 0 Å². The quantitative estimate of drug-likeness (QED) is 0.758. The van der Waals surface area contributed by atoms with Crippen LogP contribution in [-0.4, -0.2) is 40.8 Å². The Bertz CT molecular complexity index is 989. The lowest BCUT2D eigenvalue weighted by Crippen LogP contribution is -2.22. The number of hydrogen-bond acceptors (Lipinski definition) is 6. The molecule has 120 valence electrons. The summed E-state index contributed by atoms with van der Waals surface area (Å²) in [6.45, 7) is 0. The molecule has 0 atom stereocenters. The lowest BCUT2D eigenvalue weighted by atomic mass is 10.2. The highest BCUT2D eigenvalue weighted by Crippen LogP contribution is 2.37. The highest BCUT2D eigenvalue weighted by molar-refractivity contribution is 5.84. The largest absolute Gasteiger partial charge is 0.476 e. The maximum absolute atomic E-state index is 12.0. The zero-order valence-electron chi connectivity index (χ0n) is 12.4. The van der Waals surface area contributed by atoms with E-state index in [9.17, 15) is 9.59 Å². The normalized spacial score (nSPS) is 13.8. The first-order valence-corrected chi connectivity index (χ1v) is 7.33. The number of hydrogen-bond donors (Lipinski definition) is 1. The minimum absolute atomic E-state index is 0.218. The molecule has 4 rings (SSSR count). The second-order valence-electron chi connectivity index (χ2n) is 5.50. The molecule has 0 aliphatic heterocycles. The molecule has 3 heterocycles. The van der Waals surface area contributed by atoms with Crippen LogP contribution in [0.15, 0.2) is 41.6 Å². The molecule has 1 aliphatic rings. The van der Waals surface area contributed by atoms with E-state index in [0.29, 0.717) is 11.7 Å². The summed E-state index contributed by atoms with van der Waals surface area (Å²) >= 11 is 0. The van der Waals surface area contributed by atoms with Crippen molar-refractivity contribution in [2.24, 2.45) is 0 Å². The zero-order valence-corrected chi connectivity index (χ0v) is 12.4. The van der Waals surface area contributed by atoms with Crippen LogP contribution in [0.5, 0.6) is 0 Å². The number of aromatic carboxylic acids is 1. The molecule has 0 unspecified atom stereocenters. The standard InChI is InChI=1S/C15H12N6O3/c22-14-4-3-12(15(23)24)18-21(14)11-5-9(6-16-7-11)13-8-17-19-20(13)10-1-2-10/h3-8,10H,1-2H2,(H,23,24). The summed E-state index contributed by atoms with van der Waals surface area (Å²) in [6.07, 6.45) is 6.86. The van der Waals surface area contributed by atoms with Gasteiger partial charge in [0.25, 0.3) is 5.56 Å². The van der Waals surface area contributed by atoms with Crippen molar-refractivity contribution in [3.05, 3.63) is 52.8 Å². The molecule has 0 saturated heterocycles. The van der Waals surface area contributed by atoms with E-state index in [-0.39, 0.29) is 5.69 Å². The Labute approximate surface area is 135 Å². The molecule has 0 amide bonds. The van der Waals surface area contributed by atoms with Gasteiger partial charge in [0.05, 0.1) is 29.8 Å². The van der Waals surface area contributed by atoms with Crippen molar-refractivity contribution in [3.63, 3.8) is 0 Å². The first-order chi connectivity index (χ1) is 11.6. The fourth-order valence-electron chi connectivity index (χ4n) is 2.43. The minimum atomic E-state index is -1.20. The molecule has 0 bridgehead atoms. The third kappa shape index (κ3) is 2.45. The number of pyridine rings is 1. The van der Waals surface area contributed by atoms with Crippen LogP contribution in [0.2, 0.25) is 0 Å². The summed E-state index contributed by atoms with van der Waals surface area (Å²) in [5.41, 5.74) is 1.26. The summed E-state index contributed by atoms with van der Waals surface area (Å²) in [7, 11) is 0. The van der Waals surface area contributed by atoms with Crippen LogP contribution in [0, 0.1) is 0 Å². The van der Waals surface area contributed by atoms with Gasteiger partial charge < -0.3 is 5.11 Å². The van der Waals surface area contributed by atoms with E-state index in [0.717, 1.165) is 28.8 Å². The molecule has 9 heteroatoms. The Kier molecular flexibility index (Phi) is 3.19. The molecule has 0 aromatic carbocycles. The fourth-order valence-corrected chi connectivity index (χ4v) is 2.43. The van der Waals surface area contributed by atoms with Crippen LogP contribution in [0.3, 0.4) is 0 Å². The smallest absolute Gasteiger partial charge is 0.356 e. The van der Waals surface area contributed by atoms with Gasteiger partial charge in [-0.05, 0) is 25.0 Å². The topological polar surface area (TPSA) is 116 Å². The molecule has 0 spiro atoms. The summed E-state index contributed by atoms with van der Waals surface area (Å²) in [6, 6.07) is 4.40. The van der Waals surface area contributed by atoms with E-state index in [2.05, 4.69) is 20.4 Å². The van der Waals surface area contributed by atoms with E-state index in [1.54, 1.807) is 18.5 Å². The van der Waals surface area contributed by atoms with Crippen molar-refractivity contribution in [2.75, 3.05) is 0 Å². The molecular weight excluding hydrogens is 312 g/mol. The molecule has 1 N–H and O–H groups in total. The second kappa shape index (κ2) is 5.37. The fraction of sp³-hybridized carbons (Fsp3) is 0.200. The van der Waals surface area contributed by atoms with Crippen molar-refractivity contribution >= 4 is 5.97 Å². The summed E-state index contributed by atoms with van der Waals surface area (Å²) in [5, 5.41) is 20.9. The Hall–Kier alpha value is -3.36. The van der Waals surface area contributed by atoms with Gasteiger partial charge in [-0.15, -0.1) is 5.10 Å². The van der Waals surface area contributed by atoms with Crippen molar-refractivity contribution < 1.29 is 9.90 Å². The molecule has 1 fully saturated rings. The zero-order chi connectivity index (χ0) is 16.7. The maximum Gasteiger partial charge on any atom is 0.356 e. The summed E-state index contributed by atoms with van der Waals surface area (Å²) < 4.78 is 2.86. The lowest BCUT2D eigenvalue weighted by molar-refractivity contribution is 0.0688. The van der Waals surface area contributed by atoms with Gasteiger partial charge in [0.2, 0.25) is 0 Å². The lowest BCUT2D eigenvalue weighted by Gasteiger charge is -2.08. The highest BCUT2D eigenvalue weighted by atomic mass is 16.4. The number of carboxylic acids is 1. The monoisotopic (exact) mass is 324 g/mol. The van der Waals surface area contributed by atoms with Gasteiger partial charge in [0.15, 0.2) is 5.69 Å². The predicted octanol–water partition coefficient (Wildman–Crippen LogP) is 0.919. The number of nitrogens with zero attached hydrogens (tertiary/aromatic N) is 6. The van der Waals surface area contributed by atoms with Crippen LogP contribution in [-0.2, 0) is 0 Å². The predicted molar refractivity (Wildman–Crippen MR) is 81.9 cm³/mol. The van der Waals surface area contributed by atoms with Crippen LogP contribution in [0.25, 0.3) is 16.9 Å². The minimum Gasteiger partial charge on any atom is -0.476 e. The number of rotatable bonds is 4. The molecule has 24 heavy (non-hydrogen) atoms. The first kappa shape index (κ1) is 14.2. The van der Waals surface area contributed by atoms with Gasteiger partial charge >= 0.3 is 5.97 Å². The molecule has 0 radical (unpaired) electrons. The third-order valence-corrected chi connectivity index (χ3v) is 3.75. The molecular formula is C15H12N6O3. The number of carboxylic acid groups (broad SMARTS) is 1. The van der Waals surface area contributed by atoms with Crippen LogP contribution in [0.4, 0.5) is 0 Å². The van der Waals surface area contributed by atoms with Crippen molar-refractivity contribution in [1.82, 2.24) is 29.8 Å².